The number of carbonyl (C=O) groups excluding carboxylic acids is 1. The lowest BCUT2D eigenvalue weighted by Gasteiger charge is -2.56. The maximum Gasteiger partial charge on any atom is 0.256 e. The van der Waals surface area contributed by atoms with Crippen molar-refractivity contribution in [2.24, 2.45) is 17.8 Å². The van der Waals surface area contributed by atoms with E-state index in [4.69, 9.17) is 23.2 Å². The first kappa shape index (κ1) is 13.8. The molecule has 4 aliphatic carbocycles. The van der Waals surface area contributed by atoms with E-state index in [9.17, 15) is 4.79 Å². The van der Waals surface area contributed by atoms with Crippen LogP contribution in [0.5, 0.6) is 0 Å². The molecule has 4 saturated carbocycles. The van der Waals surface area contributed by atoms with E-state index in [1.165, 1.54) is 25.5 Å². The molecule has 1 heterocycles. The molecule has 4 bridgehead atoms. The Kier molecular flexibility index (Phi) is 3.16. The van der Waals surface area contributed by atoms with E-state index < -0.39 is 0 Å². The molecule has 4 fully saturated rings. The molecule has 0 atom stereocenters. The number of carbonyl (C=O) groups is 1. The average Bonchev–Trinajstić information content (AvgIpc) is 2.35. The van der Waals surface area contributed by atoms with Crippen LogP contribution in [0.15, 0.2) is 6.20 Å². The lowest BCUT2D eigenvalue weighted by molar-refractivity contribution is -0.0167. The summed E-state index contributed by atoms with van der Waals surface area (Å²) < 4.78 is 0. The zero-order valence-electron chi connectivity index (χ0n) is 11.6. The molecular weight excluding hydrogens is 309 g/mol. The molecule has 4 aliphatic rings. The number of aromatic nitrogens is 2. The largest absolute Gasteiger partial charge is 0.346 e. The van der Waals surface area contributed by atoms with Crippen molar-refractivity contribution in [2.75, 3.05) is 0 Å². The predicted molar refractivity (Wildman–Crippen MR) is 80.4 cm³/mol. The van der Waals surface area contributed by atoms with Gasteiger partial charge >= 0.3 is 0 Å². The van der Waals surface area contributed by atoms with Crippen molar-refractivity contribution < 1.29 is 4.79 Å². The van der Waals surface area contributed by atoms with Crippen LogP contribution >= 0.6 is 23.2 Å². The third-order valence-electron chi connectivity index (χ3n) is 5.37. The van der Waals surface area contributed by atoms with Crippen molar-refractivity contribution in [1.29, 1.82) is 0 Å². The summed E-state index contributed by atoms with van der Waals surface area (Å²) in [5.41, 5.74) is 0.284. The van der Waals surface area contributed by atoms with Crippen molar-refractivity contribution in [2.45, 2.75) is 44.1 Å². The summed E-state index contributed by atoms with van der Waals surface area (Å²) in [6.07, 6.45) is 8.78. The number of nitrogens with one attached hydrogen (secondary N) is 1. The molecule has 1 aromatic heterocycles. The minimum Gasteiger partial charge on any atom is -0.346 e. The summed E-state index contributed by atoms with van der Waals surface area (Å²) in [6, 6.07) is 0. The van der Waals surface area contributed by atoms with Crippen molar-refractivity contribution in [3.8, 4) is 0 Å². The second kappa shape index (κ2) is 4.82. The van der Waals surface area contributed by atoms with Gasteiger partial charge in [-0.3, -0.25) is 4.79 Å². The molecule has 1 aromatic rings. The highest BCUT2D eigenvalue weighted by molar-refractivity contribution is 6.34. The molecule has 0 aliphatic heterocycles. The van der Waals surface area contributed by atoms with Gasteiger partial charge in [-0.05, 0) is 67.9 Å². The average molecular weight is 326 g/mol. The number of halogens is 2. The van der Waals surface area contributed by atoms with E-state index in [0.717, 1.165) is 37.0 Å². The Bertz CT molecular complexity index is 569. The SMILES string of the molecule is O=C(NC12CC3CC(CC(C3)C1)C2)c1cnc(Cl)nc1Cl. The number of amides is 1. The van der Waals surface area contributed by atoms with E-state index in [1.807, 2.05) is 0 Å². The number of rotatable bonds is 2. The van der Waals surface area contributed by atoms with E-state index >= 15 is 0 Å². The van der Waals surface area contributed by atoms with E-state index in [1.54, 1.807) is 0 Å². The third-order valence-corrected chi connectivity index (χ3v) is 5.84. The lowest BCUT2D eigenvalue weighted by atomic mass is 9.53. The molecule has 0 unspecified atom stereocenters. The maximum atomic E-state index is 12.5. The van der Waals surface area contributed by atoms with Crippen LogP contribution in [0, 0.1) is 17.8 Å². The number of hydrogen-bond donors (Lipinski definition) is 1. The Hall–Kier alpha value is -0.870. The topological polar surface area (TPSA) is 54.9 Å². The number of hydrogen-bond acceptors (Lipinski definition) is 3. The van der Waals surface area contributed by atoms with Gasteiger partial charge in [0.15, 0.2) is 0 Å². The summed E-state index contributed by atoms with van der Waals surface area (Å²) in [4.78, 5) is 20.3. The van der Waals surface area contributed by atoms with Crippen LogP contribution in [-0.2, 0) is 0 Å². The molecule has 1 N–H and O–H groups in total. The minimum absolute atomic E-state index is 0.0329. The van der Waals surface area contributed by atoms with Gasteiger partial charge in [0.25, 0.3) is 5.91 Å². The molecule has 0 aromatic carbocycles. The van der Waals surface area contributed by atoms with Crippen LogP contribution in [-0.4, -0.2) is 21.4 Å². The molecule has 0 radical (unpaired) electrons. The van der Waals surface area contributed by atoms with Crippen LogP contribution in [0.3, 0.4) is 0 Å². The summed E-state index contributed by atoms with van der Waals surface area (Å²) in [7, 11) is 0. The van der Waals surface area contributed by atoms with Crippen LogP contribution < -0.4 is 5.32 Å². The first-order chi connectivity index (χ1) is 10.0. The zero-order chi connectivity index (χ0) is 14.6. The van der Waals surface area contributed by atoms with Gasteiger partial charge in [0.1, 0.15) is 5.15 Å². The van der Waals surface area contributed by atoms with Crippen molar-refractivity contribution in [3.63, 3.8) is 0 Å². The first-order valence-electron chi connectivity index (χ1n) is 7.53. The van der Waals surface area contributed by atoms with Gasteiger partial charge in [-0.2, -0.15) is 0 Å². The van der Waals surface area contributed by atoms with E-state index in [0.29, 0.717) is 5.56 Å². The minimum atomic E-state index is -0.168. The summed E-state index contributed by atoms with van der Waals surface area (Å²) >= 11 is 11.7. The quantitative estimate of drug-likeness (QED) is 0.669. The highest BCUT2D eigenvalue weighted by atomic mass is 35.5. The maximum absolute atomic E-state index is 12.5. The fourth-order valence-corrected chi connectivity index (χ4v) is 5.46. The van der Waals surface area contributed by atoms with Gasteiger partial charge in [-0.25, -0.2) is 9.97 Å². The van der Waals surface area contributed by atoms with Crippen LogP contribution in [0.4, 0.5) is 0 Å². The zero-order valence-corrected chi connectivity index (χ0v) is 13.1. The fourth-order valence-electron chi connectivity index (χ4n) is 5.07. The summed E-state index contributed by atoms with van der Waals surface area (Å²) in [5, 5.41) is 3.44. The second-order valence-corrected chi connectivity index (χ2v) is 7.69. The first-order valence-corrected chi connectivity index (χ1v) is 8.29. The molecule has 6 heteroatoms. The van der Waals surface area contributed by atoms with Crippen molar-refractivity contribution >= 4 is 29.1 Å². The van der Waals surface area contributed by atoms with E-state index in [2.05, 4.69) is 15.3 Å². The highest BCUT2D eigenvalue weighted by Gasteiger charge is 2.51. The molecular formula is C15H17Cl2N3O. The van der Waals surface area contributed by atoms with Crippen molar-refractivity contribution in [1.82, 2.24) is 15.3 Å². The van der Waals surface area contributed by atoms with E-state index in [-0.39, 0.29) is 21.9 Å². The molecule has 0 spiro atoms. The number of nitrogens with zero attached hydrogens (tertiary/aromatic N) is 2. The fraction of sp³-hybridized carbons (Fsp3) is 0.667. The Morgan fingerprint density at radius 3 is 2.24 bits per heavy atom. The van der Waals surface area contributed by atoms with Crippen LogP contribution in [0.25, 0.3) is 0 Å². The Labute approximate surface area is 133 Å². The summed E-state index contributed by atoms with van der Waals surface area (Å²) in [6.45, 7) is 0. The van der Waals surface area contributed by atoms with Crippen LogP contribution in [0.1, 0.15) is 48.9 Å². The van der Waals surface area contributed by atoms with Gasteiger partial charge in [-0.1, -0.05) is 11.6 Å². The smallest absolute Gasteiger partial charge is 0.256 e. The normalized spacial score (nSPS) is 36.8. The summed E-state index contributed by atoms with van der Waals surface area (Å²) in [5.74, 6) is 2.19. The Morgan fingerprint density at radius 2 is 1.71 bits per heavy atom. The van der Waals surface area contributed by atoms with Gasteiger partial charge in [-0.15, -0.1) is 0 Å². The second-order valence-electron chi connectivity index (χ2n) is 7.00. The van der Waals surface area contributed by atoms with Crippen LogP contribution in [0.2, 0.25) is 10.4 Å². The Morgan fingerprint density at radius 1 is 1.14 bits per heavy atom. The lowest BCUT2D eigenvalue weighted by Crippen LogP contribution is -2.59. The standard InChI is InChI=1S/C15H17Cl2N3O/c16-12-11(7-18-14(17)19-12)13(21)20-15-4-8-1-9(5-15)3-10(2-8)6-15/h7-10H,1-6H2,(H,20,21). The van der Waals surface area contributed by atoms with Gasteiger partial charge in [0.2, 0.25) is 5.28 Å². The molecule has 4 nitrogen and oxygen atoms in total. The molecule has 0 saturated heterocycles. The van der Waals surface area contributed by atoms with Gasteiger partial charge < -0.3 is 5.32 Å². The molecule has 112 valence electrons. The highest BCUT2D eigenvalue weighted by Crippen LogP contribution is 2.55. The van der Waals surface area contributed by atoms with Gasteiger partial charge in [0, 0.05) is 11.7 Å². The molecule has 21 heavy (non-hydrogen) atoms. The Balaban J connectivity index is 1.57. The monoisotopic (exact) mass is 325 g/mol. The molecule has 5 rings (SSSR count). The molecule has 1 amide bonds. The van der Waals surface area contributed by atoms with Crippen molar-refractivity contribution in [3.05, 3.63) is 22.2 Å². The third kappa shape index (κ3) is 2.42. The predicted octanol–water partition coefficient (Wildman–Crippen LogP) is 3.48. The van der Waals surface area contributed by atoms with Gasteiger partial charge in [0.05, 0.1) is 5.56 Å².